The molecule has 1 heterocycles. The van der Waals surface area contributed by atoms with E-state index in [0.29, 0.717) is 11.9 Å². The molecular formula is C16H30N2O. The molecule has 0 bridgehead atoms. The Bertz CT molecular complexity index is 297. The molecule has 1 aliphatic heterocycles. The zero-order chi connectivity index (χ0) is 13.7. The molecule has 0 aromatic heterocycles. The fourth-order valence-electron chi connectivity index (χ4n) is 3.60. The highest BCUT2D eigenvalue weighted by Crippen LogP contribution is 2.37. The minimum Gasteiger partial charge on any atom is -0.341 e. The minimum absolute atomic E-state index is 0.0646. The van der Waals surface area contributed by atoms with Gasteiger partial charge in [0.15, 0.2) is 0 Å². The topological polar surface area (TPSA) is 32.3 Å². The number of likely N-dealkylation sites (tertiary alicyclic amines) is 1. The molecule has 19 heavy (non-hydrogen) atoms. The van der Waals surface area contributed by atoms with Gasteiger partial charge >= 0.3 is 0 Å². The Hall–Kier alpha value is -0.570. The summed E-state index contributed by atoms with van der Waals surface area (Å²) in [6, 6.07) is 0.518. The number of piperidine rings is 1. The van der Waals surface area contributed by atoms with Gasteiger partial charge in [0.25, 0.3) is 0 Å². The van der Waals surface area contributed by atoms with Crippen LogP contribution in [0.4, 0.5) is 0 Å². The minimum atomic E-state index is -0.0646. The second-order valence-corrected chi connectivity index (χ2v) is 6.67. The summed E-state index contributed by atoms with van der Waals surface area (Å²) in [5, 5.41) is 3.58. The van der Waals surface area contributed by atoms with Crippen LogP contribution in [0.25, 0.3) is 0 Å². The van der Waals surface area contributed by atoms with Crippen LogP contribution < -0.4 is 5.32 Å². The summed E-state index contributed by atoms with van der Waals surface area (Å²) in [4.78, 5) is 14.9. The van der Waals surface area contributed by atoms with Crippen LogP contribution in [0.15, 0.2) is 0 Å². The van der Waals surface area contributed by atoms with Gasteiger partial charge in [-0.1, -0.05) is 33.1 Å². The van der Waals surface area contributed by atoms with Crippen molar-refractivity contribution in [1.82, 2.24) is 10.2 Å². The summed E-state index contributed by atoms with van der Waals surface area (Å²) >= 11 is 0. The quantitative estimate of drug-likeness (QED) is 0.848. The second-order valence-electron chi connectivity index (χ2n) is 6.67. The third-order valence-corrected chi connectivity index (χ3v) is 4.87. The number of nitrogens with zero attached hydrogens (tertiary/aromatic N) is 1. The van der Waals surface area contributed by atoms with Crippen LogP contribution in [-0.4, -0.2) is 36.5 Å². The zero-order valence-electron chi connectivity index (χ0n) is 12.7. The smallest absolute Gasteiger partial charge is 0.228 e. The highest BCUT2D eigenvalue weighted by Gasteiger charge is 2.38. The van der Waals surface area contributed by atoms with Gasteiger partial charge in [-0.15, -0.1) is 0 Å². The van der Waals surface area contributed by atoms with E-state index in [-0.39, 0.29) is 5.41 Å². The van der Waals surface area contributed by atoms with Gasteiger partial charge in [0.2, 0.25) is 5.91 Å². The van der Waals surface area contributed by atoms with E-state index in [1.165, 1.54) is 32.1 Å². The lowest BCUT2D eigenvalue weighted by molar-refractivity contribution is -0.144. The van der Waals surface area contributed by atoms with Crippen molar-refractivity contribution >= 4 is 5.91 Å². The van der Waals surface area contributed by atoms with E-state index >= 15 is 0 Å². The van der Waals surface area contributed by atoms with E-state index in [4.69, 9.17) is 0 Å². The van der Waals surface area contributed by atoms with Crippen LogP contribution in [0.2, 0.25) is 0 Å². The molecular weight excluding hydrogens is 236 g/mol. The van der Waals surface area contributed by atoms with Crippen molar-refractivity contribution in [3.05, 3.63) is 0 Å². The first-order chi connectivity index (χ1) is 9.15. The lowest BCUT2D eigenvalue weighted by Crippen LogP contribution is -2.52. The van der Waals surface area contributed by atoms with Gasteiger partial charge in [-0.3, -0.25) is 4.79 Å². The SMILES string of the molecule is CCCNC1CCCN(C(=O)C2(C)CCCCC2)C1. The van der Waals surface area contributed by atoms with Crippen molar-refractivity contribution in [1.29, 1.82) is 0 Å². The van der Waals surface area contributed by atoms with Crippen LogP contribution in [0.3, 0.4) is 0 Å². The van der Waals surface area contributed by atoms with Gasteiger partial charge in [0, 0.05) is 24.5 Å². The number of carbonyl (C=O) groups is 1. The van der Waals surface area contributed by atoms with Crippen molar-refractivity contribution in [2.45, 2.75) is 71.3 Å². The molecule has 3 heteroatoms. The van der Waals surface area contributed by atoms with Crippen molar-refractivity contribution in [2.75, 3.05) is 19.6 Å². The molecule has 1 aliphatic carbocycles. The van der Waals surface area contributed by atoms with E-state index in [1.54, 1.807) is 0 Å². The molecule has 0 aromatic rings. The summed E-state index contributed by atoms with van der Waals surface area (Å²) in [6.45, 7) is 7.36. The maximum atomic E-state index is 12.8. The Balaban J connectivity index is 1.90. The van der Waals surface area contributed by atoms with Gasteiger partial charge in [0.05, 0.1) is 0 Å². The van der Waals surface area contributed by atoms with Crippen molar-refractivity contribution in [2.24, 2.45) is 5.41 Å². The number of nitrogens with one attached hydrogen (secondary N) is 1. The van der Waals surface area contributed by atoms with Crippen LogP contribution in [0, 0.1) is 5.41 Å². The van der Waals surface area contributed by atoms with Crippen LogP contribution >= 0.6 is 0 Å². The van der Waals surface area contributed by atoms with Gasteiger partial charge in [-0.05, 0) is 38.6 Å². The molecule has 0 spiro atoms. The predicted octanol–water partition coefficient (Wildman–Crippen LogP) is 2.95. The predicted molar refractivity (Wildman–Crippen MR) is 79.1 cm³/mol. The molecule has 2 rings (SSSR count). The van der Waals surface area contributed by atoms with Crippen molar-refractivity contribution in [3.8, 4) is 0 Å². The Labute approximate surface area is 118 Å². The third kappa shape index (κ3) is 3.71. The Kier molecular flexibility index (Phi) is 5.26. The normalized spacial score (nSPS) is 27.3. The van der Waals surface area contributed by atoms with Crippen LogP contribution in [0.1, 0.15) is 65.2 Å². The first-order valence-corrected chi connectivity index (χ1v) is 8.18. The molecule has 1 atom stereocenters. The average molecular weight is 266 g/mol. The Morgan fingerprint density at radius 2 is 2.00 bits per heavy atom. The average Bonchev–Trinajstić information content (AvgIpc) is 2.45. The highest BCUT2D eigenvalue weighted by atomic mass is 16.2. The largest absolute Gasteiger partial charge is 0.341 e. The molecule has 1 N–H and O–H groups in total. The maximum absolute atomic E-state index is 12.8. The second kappa shape index (κ2) is 6.74. The Morgan fingerprint density at radius 1 is 1.26 bits per heavy atom. The summed E-state index contributed by atoms with van der Waals surface area (Å²) in [6.07, 6.45) is 9.50. The van der Waals surface area contributed by atoms with E-state index in [2.05, 4.69) is 24.1 Å². The fraction of sp³-hybridized carbons (Fsp3) is 0.938. The molecule has 3 nitrogen and oxygen atoms in total. The lowest BCUT2D eigenvalue weighted by Gasteiger charge is -2.41. The summed E-state index contributed by atoms with van der Waals surface area (Å²) in [5.41, 5.74) is -0.0646. The monoisotopic (exact) mass is 266 g/mol. The van der Waals surface area contributed by atoms with E-state index in [9.17, 15) is 4.79 Å². The molecule has 0 radical (unpaired) electrons. The molecule has 110 valence electrons. The lowest BCUT2D eigenvalue weighted by atomic mass is 9.74. The number of hydrogen-bond acceptors (Lipinski definition) is 2. The van der Waals surface area contributed by atoms with Crippen LogP contribution in [0.5, 0.6) is 0 Å². The number of amides is 1. The maximum Gasteiger partial charge on any atom is 0.228 e. The fourth-order valence-corrected chi connectivity index (χ4v) is 3.60. The number of rotatable bonds is 4. The van der Waals surface area contributed by atoms with E-state index in [1.807, 2.05) is 0 Å². The number of carbonyl (C=O) groups excluding carboxylic acids is 1. The van der Waals surface area contributed by atoms with Crippen molar-refractivity contribution < 1.29 is 4.79 Å². The van der Waals surface area contributed by atoms with Crippen molar-refractivity contribution in [3.63, 3.8) is 0 Å². The molecule has 1 saturated carbocycles. The van der Waals surface area contributed by atoms with E-state index in [0.717, 1.165) is 38.9 Å². The van der Waals surface area contributed by atoms with Gasteiger partial charge in [-0.2, -0.15) is 0 Å². The third-order valence-electron chi connectivity index (χ3n) is 4.87. The highest BCUT2D eigenvalue weighted by molar-refractivity contribution is 5.82. The summed E-state index contributed by atoms with van der Waals surface area (Å²) in [7, 11) is 0. The zero-order valence-corrected chi connectivity index (χ0v) is 12.7. The Morgan fingerprint density at radius 3 is 2.68 bits per heavy atom. The molecule has 1 unspecified atom stereocenters. The van der Waals surface area contributed by atoms with Gasteiger partial charge in [0.1, 0.15) is 0 Å². The molecule has 2 aliphatic rings. The first kappa shape index (κ1) is 14.8. The summed E-state index contributed by atoms with van der Waals surface area (Å²) in [5.74, 6) is 0.426. The molecule has 2 fully saturated rings. The molecule has 1 saturated heterocycles. The van der Waals surface area contributed by atoms with E-state index < -0.39 is 0 Å². The van der Waals surface area contributed by atoms with Crippen LogP contribution in [-0.2, 0) is 4.79 Å². The molecule has 1 amide bonds. The summed E-state index contributed by atoms with van der Waals surface area (Å²) < 4.78 is 0. The first-order valence-electron chi connectivity index (χ1n) is 8.18. The standard InChI is InChI=1S/C16H30N2O/c1-3-11-17-14-8-7-12-18(13-14)15(19)16(2)9-5-4-6-10-16/h14,17H,3-13H2,1-2H3. The molecule has 0 aromatic carbocycles. The van der Waals surface area contributed by atoms with Gasteiger partial charge < -0.3 is 10.2 Å². The number of hydrogen-bond donors (Lipinski definition) is 1. The van der Waals surface area contributed by atoms with Gasteiger partial charge in [-0.25, -0.2) is 0 Å².